The van der Waals surface area contributed by atoms with Gasteiger partial charge >= 0.3 is 0 Å². The Balaban J connectivity index is 1.90. The van der Waals surface area contributed by atoms with Crippen LogP contribution in [-0.2, 0) is 7.05 Å². The number of carbonyl (C=O) groups excluding carboxylic acids is 1. The normalized spacial score (nSPS) is 15.8. The second kappa shape index (κ2) is 6.28. The zero-order valence-corrected chi connectivity index (χ0v) is 14.0. The molecule has 1 aliphatic rings. The maximum Gasteiger partial charge on any atom is 0.252 e. The van der Waals surface area contributed by atoms with Gasteiger partial charge in [0, 0.05) is 25.2 Å². The van der Waals surface area contributed by atoms with Crippen LogP contribution in [0.4, 0.5) is 0 Å². The van der Waals surface area contributed by atoms with Gasteiger partial charge in [0.05, 0.1) is 22.7 Å². The molecule has 6 heteroatoms. The molecule has 2 N–H and O–H groups in total. The van der Waals surface area contributed by atoms with Crippen LogP contribution < -0.4 is 5.32 Å². The summed E-state index contributed by atoms with van der Waals surface area (Å²) in [6.07, 6.45) is 3.17. The van der Waals surface area contributed by atoms with E-state index in [4.69, 9.17) is 4.98 Å². The van der Waals surface area contributed by atoms with Gasteiger partial charge in [-0.05, 0) is 38.7 Å². The number of nitrogens with zero attached hydrogens (tertiary/aromatic N) is 3. The quantitative estimate of drug-likeness (QED) is 0.855. The van der Waals surface area contributed by atoms with Gasteiger partial charge in [-0.3, -0.25) is 9.48 Å². The minimum absolute atomic E-state index is 0.112. The van der Waals surface area contributed by atoms with Crippen LogP contribution in [0.5, 0.6) is 0 Å². The summed E-state index contributed by atoms with van der Waals surface area (Å²) >= 11 is 0. The number of aliphatic hydroxyl groups is 1. The number of aliphatic hydroxyl groups excluding tert-OH is 1. The van der Waals surface area contributed by atoms with Crippen molar-refractivity contribution < 1.29 is 9.90 Å². The molecule has 6 nitrogen and oxygen atoms in total. The Morgan fingerprint density at radius 3 is 2.91 bits per heavy atom. The lowest BCUT2D eigenvalue weighted by atomic mass is 10.1. The van der Waals surface area contributed by atoms with Crippen molar-refractivity contribution in [2.24, 2.45) is 7.05 Å². The Hall–Kier alpha value is -1.95. The standard InChI is InChI=1S/C17H24N4O2/c1-4-12(22)7-8-18-17(23)13-9-14(11-5-6-11)19-16-15(13)10(2)20-21(16)3/h9,11-12,22H,4-8H2,1-3H3,(H,18,23). The van der Waals surface area contributed by atoms with Crippen LogP contribution in [0.15, 0.2) is 6.07 Å². The Kier molecular flexibility index (Phi) is 4.35. The summed E-state index contributed by atoms with van der Waals surface area (Å²) in [5.41, 5.74) is 3.22. The Bertz CT molecular complexity index is 734. The summed E-state index contributed by atoms with van der Waals surface area (Å²) in [4.78, 5) is 17.3. The van der Waals surface area contributed by atoms with Crippen molar-refractivity contribution in [3.63, 3.8) is 0 Å². The van der Waals surface area contributed by atoms with Gasteiger partial charge in [-0.2, -0.15) is 5.10 Å². The van der Waals surface area contributed by atoms with Crippen molar-refractivity contribution >= 4 is 16.9 Å². The van der Waals surface area contributed by atoms with E-state index in [-0.39, 0.29) is 12.0 Å². The summed E-state index contributed by atoms with van der Waals surface area (Å²) in [7, 11) is 1.86. The third-order valence-corrected chi connectivity index (χ3v) is 4.46. The minimum atomic E-state index is -0.366. The largest absolute Gasteiger partial charge is 0.393 e. The van der Waals surface area contributed by atoms with Crippen LogP contribution in [0.25, 0.3) is 11.0 Å². The topological polar surface area (TPSA) is 80.0 Å². The lowest BCUT2D eigenvalue weighted by Crippen LogP contribution is -2.27. The van der Waals surface area contributed by atoms with Crippen molar-refractivity contribution in [1.82, 2.24) is 20.1 Å². The lowest BCUT2D eigenvalue weighted by molar-refractivity contribution is 0.0943. The maximum atomic E-state index is 12.6. The molecule has 0 radical (unpaired) electrons. The van der Waals surface area contributed by atoms with E-state index in [2.05, 4.69) is 10.4 Å². The van der Waals surface area contributed by atoms with Crippen LogP contribution in [0.2, 0.25) is 0 Å². The molecule has 1 fully saturated rings. The summed E-state index contributed by atoms with van der Waals surface area (Å²) < 4.78 is 1.74. The zero-order valence-electron chi connectivity index (χ0n) is 14.0. The highest BCUT2D eigenvalue weighted by Crippen LogP contribution is 2.40. The third-order valence-electron chi connectivity index (χ3n) is 4.46. The number of fused-ring (bicyclic) bond motifs is 1. The smallest absolute Gasteiger partial charge is 0.252 e. The molecule has 2 aromatic heterocycles. The van der Waals surface area contributed by atoms with E-state index in [1.165, 1.54) is 0 Å². The number of amides is 1. The van der Waals surface area contributed by atoms with Crippen molar-refractivity contribution in [2.45, 2.75) is 51.6 Å². The first-order chi connectivity index (χ1) is 11.0. The first-order valence-corrected chi connectivity index (χ1v) is 8.31. The van der Waals surface area contributed by atoms with Crippen molar-refractivity contribution in [3.05, 3.63) is 23.0 Å². The number of rotatable bonds is 6. The molecule has 1 saturated carbocycles. The predicted molar refractivity (Wildman–Crippen MR) is 88.5 cm³/mol. The molecule has 1 atom stereocenters. The Labute approximate surface area is 135 Å². The zero-order chi connectivity index (χ0) is 16.6. The number of nitrogens with one attached hydrogen (secondary N) is 1. The van der Waals surface area contributed by atoms with Gasteiger partial charge in [0.2, 0.25) is 0 Å². The molecular formula is C17H24N4O2. The fraction of sp³-hybridized carbons (Fsp3) is 0.588. The average molecular weight is 316 g/mol. The molecule has 0 spiro atoms. The molecule has 2 heterocycles. The molecule has 1 aliphatic carbocycles. The number of aryl methyl sites for hydroxylation is 2. The second-order valence-electron chi connectivity index (χ2n) is 6.38. The van der Waals surface area contributed by atoms with Gasteiger partial charge in [-0.25, -0.2) is 4.98 Å². The highest BCUT2D eigenvalue weighted by molar-refractivity contribution is 6.06. The van der Waals surface area contributed by atoms with Crippen molar-refractivity contribution in [3.8, 4) is 0 Å². The number of carbonyl (C=O) groups is 1. The van der Waals surface area contributed by atoms with E-state index < -0.39 is 0 Å². The highest BCUT2D eigenvalue weighted by atomic mass is 16.3. The molecular weight excluding hydrogens is 292 g/mol. The summed E-state index contributed by atoms with van der Waals surface area (Å²) in [5.74, 6) is 0.363. The van der Waals surface area contributed by atoms with E-state index >= 15 is 0 Å². The monoisotopic (exact) mass is 316 g/mol. The fourth-order valence-electron chi connectivity index (χ4n) is 2.88. The SMILES string of the molecule is CCC(O)CCNC(=O)c1cc(C2CC2)nc2c1c(C)nn2C. The molecule has 23 heavy (non-hydrogen) atoms. The van der Waals surface area contributed by atoms with Gasteiger partial charge in [-0.15, -0.1) is 0 Å². The summed E-state index contributed by atoms with van der Waals surface area (Å²) in [5, 5.41) is 17.8. The molecule has 0 aromatic carbocycles. The van der Waals surface area contributed by atoms with Gasteiger partial charge < -0.3 is 10.4 Å². The number of hydrogen-bond donors (Lipinski definition) is 2. The van der Waals surface area contributed by atoms with Crippen LogP contribution in [0, 0.1) is 6.92 Å². The number of pyridine rings is 1. The Morgan fingerprint density at radius 2 is 2.26 bits per heavy atom. The molecule has 0 saturated heterocycles. The Morgan fingerprint density at radius 1 is 1.52 bits per heavy atom. The van der Waals surface area contributed by atoms with E-state index in [0.29, 0.717) is 30.9 Å². The molecule has 1 unspecified atom stereocenters. The van der Waals surface area contributed by atoms with E-state index in [1.54, 1.807) is 4.68 Å². The minimum Gasteiger partial charge on any atom is -0.393 e. The summed E-state index contributed by atoms with van der Waals surface area (Å²) in [6, 6.07) is 1.92. The third kappa shape index (κ3) is 3.22. The van der Waals surface area contributed by atoms with Gasteiger partial charge in [0.25, 0.3) is 5.91 Å². The molecule has 0 bridgehead atoms. The van der Waals surface area contributed by atoms with E-state index in [1.807, 2.05) is 27.0 Å². The average Bonchev–Trinajstić information content (AvgIpc) is 3.33. The first kappa shape index (κ1) is 15.9. The van der Waals surface area contributed by atoms with Crippen LogP contribution in [0.3, 0.4) is 0 Å². The van der Waals surface area contributed by atoms with Crippen molar-refractivity contribution in [1.29, 1.82) is 0 Å². The molecule has 124 valence electrons. The van der Waals surface area contributed by atoms with Crippen LogP contribution in [0.1, 0.15) is 60.3 Å². The number of aromatic nitrogens is 3. The molecule has 0 aliphatic heterocycles. The van der Waals surface area contributed by atoms with E-state index in [9.17, 15) is 9.90 Å². The van der Waals surface area contributed by atoms with Gasteiger partial charge in [0.15, 0.2) is 5.65 Å². The predicted octanol–water partition coefficient (Wildman–Crippen LogP) is 2.04. The fourth-order valence-corrected chi connectivity index (χ4v) is 2.88. The second-order valence-corrected chi connectivity index (χ2v) is 6.38. The highest BCUT2D eigenvalue weighted by Gasteiger charge is 2.28. The summed E-state index contributed by atoms with van der Waals surface area (Å²) in [6.45, 7) is 4.30. The molecule has 2 aromatic rings. The molecule has 3 rings (SSSR count). The first-order valence-electron chi connectivity index (χ1n) is 8.31. The number of hydrogen-bond acceptors (Lipinski definition) is 4. The maximum absolute atomic E-state index is 12.6. The van der Waals surface area contributed by atoms with Crippen molar-refractivity contribution in [2.75, 3.05) is 6.54 Å². The van der Waals surface area contributed by atoms with Crippen LogP contribution >= 0.6 is 0 Å². The van der Waals surface area contributed by atoms with Gasteiger partial charge in [0.1, 0.15) is 0 Å². The van der Waals surface area contributed by atoms with E-state index in [0.717, 1.165) is 35.3 Å². The molecule has 1 amide bonds. The van der Waals surface area contributed by atoms with Crippen LogP contribution in [-0.4, -0.2) is 38.4 Å². The lowest BCUT2D eigenvalue weighted by Gasteiger charge is -2.11. The van der Waals surface area contributed by atoms with Gasteiger partial charge in [-0.1, -0.05) is 6.92 Å².